The fraction of sp³-hybridized carbons (Fsp3) is 0.316. The highest BCUT2D eigenvalue weighted by molar-refractivity contribution is 5.79. The average molecular weight is 347 g/mol. The molecule has 0 heterocycles. The van der Waals surface area contributed by atoms with Crippen molar-refractivity contribution < 1.29 is 13.5 Å². The van der Waals surface area contributed by atoms with E-state index >= 15 is 0 Å². The van der Waals surface area contributed by atoms with Crippen LogP contribution in [0.2, 0.25) is 0 Å². The normalized spacial score (nSPS) is 12.7. The van der Waals surface area contributed by atoms with Crippen LogP contribution in [0.5, 0.6) is 0 Å². The Labute approximate surface area is 146 Å². The summed E-state index contributed by atoms with van der Waals surface area (Å²) >= 11 is 0. The van der Waals surface area contributed by atoms with Gasteiger partial charge in [-0.3, -0.25) is 0 Å². The van der Waals surface area contributed by atoms with Crippen molar-refractivity contribution in [1.29, 1.82) is 0 Å². The zero-order chi connectivity index (χ0) is 18.1. The summed E-state index contributed by atoms with van der Waals surface area (Å²) in [4.78, 5) is 4.40. The second-order valence-electron chi connectivity index (χ2n) is 5.44. The Kier molecular flexibility index (Phi) is 7.35. The molecule has 0 saturated heterocycles. The van der Waals surface area contributed by atoms with Crippen LogP contribution in [-0.4, -0.2) is 26.2 Å². The molecule has 6 heteroatoms. The predicted molar refractivity (Wildman–Crippen MR) is 95.4 cm³/mol. The molecule has 0 amide bonds. The molecule has 0 bridgehead atoms. The van der Waals surface area contributed by atoms with Crippen molar-refractivity contribution in [1.82, 2.24) is 10.6 Å². The van der Waals surface area contributed by atoms with E-state index in [0.717, 1.165) is 5.56 Å². The predicted octanol–water partition coefficient (Wildman–Crippen LogP) is 3.41. The summed E-state index contributed by atoms with van der Waals surface area (Å²) in [6.45, 7) is 3.31. The van der Waals surface area contributed by atoms with Gasteiger partial charge in [-0.25, -0.2) is 13.8 Å². The zero-order valence-electron chi connectivity index (χ0n) is 14.4. The Morgan fingerprint density at radius 3 is 2.44 bits per heavy atom. The molecule has 4 nitrogen and oxygen atoms in total. The third-order valence-corrected chi connectivity index (χ3v) is 3.69. The van der Waals surface area contributed by atoms with Crippen LogP contribution in [0.3, 0.4) is 0 Å². The number of halogens is 2. The molecular formula is C19H23F2N3O. The molecule has 2 aromatic rings. The van der Waals surface area contributed by atoms with Crippen LogP contribution in [0, 0.1) is 11.6 Å². The molecule has 2 rings (SSSR count). The van der Waals surface area contributed by atoms with Gasteiger partial charge in [0.25, 0.3) is 0 Å². The first kappa shape index (κ1) is 18.9. The highest BCUT2D eigenvalue weighted by Crippen LogP contribution is 2.16. The standard InChI is InChI=1S/C19H23F2N3O/c1-3-22-19(23-12-15-6-4-5-7-17(15)21)24-13-18(25-2)14-8-10-16(20)11-9-14/h4-11,18H,3,12-13H2,1-2H3,(H2,22,23,24). The Bertz CT molecular complexity index is 689. The van der Waals surface area contributed by atoms with Crippen molar-refractivity contribution >= 4 is 5.96 Å². The largest absolute Gasteiger partial charge is 0.375 e. The highest BCUT2D eigenvalue weighted by Gasteiger charge is 2.11. The third-order valence-electron chi connectivity index (χ3n) is 3.69. The van der Waals surface area contributed by atoms with Crippen molar-refractivity contribution in [3.8, 4) is 0 Å². The maximum atomic E-state index is 13.7. The Balaban J connectivity index is 2.01. The molecule has 0 aliphatic carbocycles. The number of hydrogen-bond acceptors (Lipinski definition) is 2. The molecule has 0 fully saturated rings. The number of nitrogens with one attached hydrogen (secondary N) is 2. The summed E-state index contributed by atoms with van der Waals surface area (Å²) in [6.07, 6.45) is -0.252. The lowest BCUT2D eigenvalue weighted by Gasteiger charge is -2.18. The number of nitrogens with zero attached hydrogens (tertiary/aromatic N) is 1. The molecule has 0 aliphatic heterocycles. The van der Waals surface area contributed by atoms with Gasteiger partial charge in [0.2, 0.25) is 0 Å². The van der Waals surface area contributed by atoms with E-state index in [1.165, 1.54) is 18.2 Å². The second kappa shape index (κ2) is 9.74. The van der Waals surface area contributed by atoms with Gasteiger partial charge in [0, 0.05) is 25.8 Å². The molecule has 25 heavy (non-hydrogen) atoms. The van der Waals surface area contributed by atoms with Crippen LogP contribution in [-0.2, 0) is 11.3 Å². The van der Waals surface area contributed by atoms with Crippen LogP contribution in [0.25, 0.3) is 0 Å². The lowest BCUT2D eigenvalue weighted by molar-refractivity contribution is 0.106. The topological polar surface area (TPSA) is 45.7 Å². The van der Waals surface area contributed by atoms with Crippen LogP contribution in [0.15, 0.2) is 53.5 Å². The molecule has 1 unspecified atom stereocenters. The van der Waals surface area contributed by atoms with Gasteiger partial charge in [-0.1, -0.05) is 30.3 Å². The number of methoxy groups -OCH3 is 1. The number of aliphatic imine (C=N–C) groups is 1. The quantitative estimate of drug-likeness (QED) is 0.596. The van der Waals surface area contributed by atoms with E-state index < -0.39 is 0 Å². The summed E-state index contributed by atoms with van der Waals surface area (Å²) in [7, 11) is 1.60. The van der Waals surface area contributed by atoms with Crippen LogP contribution in [0.1, 0.15) is 24.2 Å². The number of rotatable bonds is 7. The van der Waals surface area contributed by atoms with Crippen molar-refractivity contribution in [2.75, 3.05) is 20.2 Å². The van der Waals surface area contributed by atoms with Crippen molar-refractivity contribution in [2.24, 2.45) is 4.99 Å². The van der Waals surface area contributed by atoms with Gasteiger partial charge in [0.05, 0.1) is 12.6 Å². The van der Waals surface area contributed by atoms with E-state index in [1.807, 2.05) is 6.92 Å². The van der Waals surface area contributed by atoms with Gasteiger partial charge >= 0.3 is 0 Å². The minimum Gasteiger partial charge on any atom is -0.375 e. The van der Waals surface area contributed by atoms with Gasteiger partial charge in [0.15, 0.2) is 5.96 Å². The number of hydrogen-bond donors (Lipinski definition) is 2. The molecule has 0 spiro atoms. The molecule has 0 aromatic heterocycles. The van der Waals surface area contributed by atoms with E-state index in [0.29, 0.717) is 24.6 Å². The van der Waals surface area contributed by atoms with E-state index in [9.17, 15) is 8.78 Å². The average Bonchev–Trinajstić information content (AvgIpc) is 2.62. The molecule has 0 saturated carbocycles. The van der Waals surface area contributed by atoms with Gasteiger partial charge in [0.1, 0.15) is 11.6 Å². The van der Waals surface area contributed by atoms with Gasteiger partial charge in [-0.05, 0) is 30.7 Å². The van der Waals surface area contributed by atoms with E-state index in [2.05, 4.69) is 15.6 Å². The van der Waals surface area contributed by atoms with Gasteiger partial charge in [-0.2, -0.15) is 0 Å². The molecule has 0 aliphatic rings. The highest BCUT2D eigenvalue weighted by atomic mass is 19.1. The SMILES string of the molecule is CCNC(=NCc1ccccc1F)NCC(OC)c1ccc(F)cc1. The lowest BCUT2D eigenvalue weighted by atomic mass is 10.1. The maximum absolute atomic E-state index is 13.7. The van der Waals surface area contributed by atoms with Crippen LogP contribution >= 0.6 is 0 Å². The van der Waals surface area contributed by atoms with Crippen LogP contribution < -0.4 is 10.6 Å². The number of guanidine groups is 1. The van der Waals surface area contributed by atoms with E-state index in [4.69, 9.17) is 4.74 Å². The molecule has 2 aromatic carbocycles. The molecule has 0 radical (unpaired) electrons. The van der Waals surface area contributed by atoms with Crippen molar-refractivity contribution in [3.63, 3.8) is 0 Å². The Morgan fingerprint density at radius 2 is 1.80 bits per heavy atom. The third kappa shape index (κ3) is 5.83. The first-order valence-corrected chi connectivity index (χ1v) is 8.18. The number of ether oxygens (including phenoxy) is 1. The fourth-order valence-corrected chi connectivity index (χ4v) is 2.34. The van der Waals surface area contributed by atoms with E-state index in [-0.39, 0.29) is 24.3 Å². The summed E-state index contributed by atoms with van der Waals surface area (Å²) < 4.78 is 32.2. The summed E-state index contributed by atoms with van der Waals surface area (Å²) in [6, 6.07) is 12.7. The lowest BCUT2D eigenvalue weighted by Crippen LogP contribution is -2.39. The monoisotopic (exact) mass is 347 g/mol. The Morgan fingerprint density at radius 1 is 1.08 bits per heavy atom. The zero-order valence-corrected chi connectivity index (χ0v) is 14.4. The summed E-state index contributed by atoms with van der Waals surface area (Å²) in [5, 5.41) is 6.29. The smallest absolute Gasteiger partial charge is 0.191 e. The second-order valence-corrected chi connectivity index (χ2v) is 5.44. The fourth-order valence-electron chi connectivity index (χ4n) is 2.34. The molecule has 134 valence electrons. The first-order chi connectivity index (χ1) is 12.1. The van der Waals surface area contributed by atoms with Crippen molar-refractivity contribution in [3.05, 3.63) is 71.3 Å². The number of benzene rings is 2. The van der Waals surface area contributed by atoms with Crippen LogP contribution in [0.4, 0.5) is 8.78 Å². The van der Waals surface area contributed by atoms with E-state index in [1.54, 1.807) is 37.4 Å². The minimum absolute atomic E-state index is 0.232. The van der Waals surface area contributed by atoms with Gasteiger partial charge in [-0.15, -0.1) is 0 Å². The summed E-state index contributed by atoms with van der Waals surface area (Å²) in [5.41, 5.74) is 1.39. The maximum Gasteiger partial charge on any atom is 0.191 e. The first-order valence-electron chi connectivity index (χ1n) is 8.18. The summed E-state index contributed by atoms with van der Waals surface area (Å²) in [5.74, 6) is 0.00412. The minimum atomic E-state index is -0.286. The molecule has 1 atom stereocenters. The van der Waals surface area contributed by atoms with Gasteiger partial charge < -0.3 is 15.4 Å². The van der Waals surface area contributed by atoms with Crippen molar-refractivity contribution in [2.45, 2.75) is 19.6 Å². The molecular weight excluding hydrogens is 324 g/mol. The Hall–Kier alpha value is -2.47. The molecule has 2 N–H and O–H groups in total.